The first-order valence-electron chi connectivity index (χ1n) is 4.89. The molecule has 2 unspecified atom stereocenters. The van der Waals surface area contributed by atoms with E-state index in [9.17, 15) is 23.7 Å². The summed E-state index contributed by atoms with van der Waals surface area (Å²) in [6.07, 6.45) is -2.97. The summed E-state index contributed by atoms with van der Waals surface area (Å²) < 4.78 is 28.1. The van der Waals surface area contributed by atoms with Crippen molar-refractivity contribution in [1.82, 2.24) is 5.32 Å². The van der Waals surface area contributed by atoms with Crippen LogP contribution in [0.5, 0.6) is 0 Å². The maximum absolute atomic E-state index is 11.4. The van der Waals surface area contributed by atoms with Crippen molar-refractivity contribution in [2.24, 2.45) is 0 Å². The Kier molecular flexibility index (Phi) is 2.76. The summed E-state index contributed by atoms with van der Waals surface area (Å²) in [6, 6.07) is 0. The van der Waals surface area contributed by atoms with Crippen molar-refractivity contribution in [2.75, 3.05) is 19.4 Å². The van der Waals surface area contributed by atoms with Gasteiger partial charge in [0.05, 0.1) is 6.61 Å². The molecule has 7 nitrogen and oxygen atoms in total. The summed E-state index contributed by atoms with van der Waals surface area (Å²) in [4.78, 5) is 0. The van der Waals surface area contributed by atoms with Crippen LogP contribution in [-0.2, 0) is 14.6 Å². The number of aliphatic hydroxyl groups excluding tert-OH is 3. The molecule has 0 radical (unpaired) electrons. The molecule has 2 fully saturated rings. The van der Waals surface area contributed by atoms with Crippen molar-refractivity contribution in [2.45, 2.75) is 29.3 Å². The molecular formula is C8H15NO6S. The van der Waals surface area contributed by atoms with Gasteiger partial charge in [-0.05, 0) is 0 Å². The van der Waals surface area contributed by atoms with Gasteiger partial charge in [0.2, 0.25) is 0 Å². The summed E-state index contributed by atoms with van der Waals surface area (Å²) >= 11 is 0. The van der Waals surface area contributed by atoms with Crippen LogP contribution >= 0.6 is 0 Å². The third-order valence-corrected chi connectivity index (χ3v) is 4.60. The van der Waals surface area contributed by atoms with Crippen LogP contribution in [0.4, 0.5) is 0 Å². The Labute approximate surface area is 93.0 Å². The Bertz CT molecular complexity index is 384. The van der Waals surface area contributed by atoms with E-state index in [1.165, 1.54) is 0 Å². The van der Waals surface area contributed by atoms with E-state index in [0.717, 1.165) is 6.26 Å². The lowest BCUT2D eigenvalue weighted by atomic mass is 9.82. The fraction of sp³-hybridized carbons (Fsp3) is 1.00. The highest BCUT2D eigenvalue weighted by Gasteiger charge is 2.62. The van der Waals surface area contributed by atoms with Gasteiger partial charge in [0.25, 0.3) is 0 Å². The molecule has 2 aliphatic heterocycles. The summed E-state index contributed by atoms with van der Waals surface area (Å²) in [5.74, 6) is 0. The molecule has 2 rings (SSSR count). The minimum Gasteiger partial charge on any atom is -0.388 e. The topological polar surface area (TPSA) is 116 Å². The van der Waals surface area contributed by atoms with E-state index >= 15 is 0 Å². The highest BCUT2D eigenvalue weighted by Crippen LogP contribution is 2.36. The number of rotatable bonds is 1. The Morgan fingerprint density at radius 1 is 1.38 bits per heavy atom. The average Bonchev–Trinajstić information content (AvgIpc) is 2.10. The third kappa shape index (κ3) is 1.57. The second-order valence-electron chi connectivity index (χ2n) is 4.36. The van der Waals surface area contributed by atoms with Crippen LogP contribution in [0.1, 0.15) is 0 Å². The van der Waals surface area contributed by atoms with Gasteiger partial charge in [-0.15, -0.1) is 0 Å². The predicted octanol–water partition coefficient (Wildman–Crippen LogP) is -3.19. The summed E-state index contributed by atoms with van der Waals surface area (Å²) in [5, 5.41) is 30.2. The number of ether oxygens (including phenoxy) is 1. The van der Waals surface area contributed by atoms with Gasteiger partial charge in [-0.2, -0.15) is 0 Å². The van der Waals surface area contributed by atoms with Crippen molar-refractivity contribution < 1.29 is 28.5 Å². The van der Waals surface area contributed by atoms with E-state index in [0.29, 0.717) is 0 Å². The van der Waals surface area contributed by atoms with Gasteiger partial charge in [-0.25, -0.2) is 8.42 Å². The fourth-order valence-corrected chi connectivity index (χ4v) is 3.61. The molecule has 8 heteroatoms. The van der Waals surface area contributed by atoms with E-state index in [2.05, 4.69) is 5.32 Å². The van der Waals surface area contributed by atoms with Crippen molar-refractivity contribution >= 4 is 9.84 Å². The highest BCUT2D eigenvalue weighted by atomic mass is 32.2. The number of hydrogen-bond donors (Lipinski definition) is 4. The fourth-order valence-electron chi connectivity index (χ4n) is 2.21. The first kappa shape index (κ1) is 12.2. The molecule has 4 N–H and O–H groups in total. The quantitative estimate of drug-likeness (QED) is 0.389. The van der Waals surface area contributed by atoms with E-state index in [1.54, 1.807) is 0 Å². The smallest absolute Gasteiger partial charge is 0.166 e. The van der Waals surface area contributed by atoms with Gasteiger partial charge in [0.1, 0.15) is 29.3 Å². The second-order valence-corrected chi connectivity index (χ2v) is 6.49. The minimum absolute atomic E-state index is 0.135. The highest BCUT2D eigenvalue weighted by molar-refractivity contribution is 7.91. The van der Waals surface area contributed by atoms with Crippen LogP contribution in [0.25, 0.3) is 0 Å². The van der Waals surface area contributed by atoms with Crippen molar-refractivity contribution in [1.29, 1.82) is 0 Å². The molecule has 0 saturated carbocycles. The molecule has 0 amide bonds. The summed E-state index contributed by atoms with van der Waals surface area (Å²) in [5.41, 5.74) is -1.34. The van der Waals surface area contributed by atoms with Crippen LogP contribution in [0.3, 0.4) is 0 Å². The molecule has 2 heterocycles. The zero-order chi connectivity index (χ0) is 12.1. The molecule has 2 aliphatic rings. The van der Waals surface area contributed by atoms with Gasteiger partial charge < -0.3 is 20.1 Å². The standard InChI is InChI=1S/C8H15NO6S/c1-16(13,14)7-8(3-9-7)6(12)5(11)4(10)2-15-8/h4-7,9-12H,2-3H2,1H3/t4-,5-,6+,7?,8?/m1/s1. The Morgan fingerprint density at radius 2 is 2.00 bits per heavy atom. The maximum atomic E-state index is 11.4. The van der Waals surface area contributed by atoms with Crippen LogP contribution in [0, 0.1) is 0 Å². The van der Waals surface area contributed by atoms with Crippen LogP contribution in [0.2, 0.25) is 0 Å². The molecule has 16 heavy (non-hydrogen) atoms. The zero-order valence-corrected chi connectivity index (χ0v) is 9.51. The molecule has 0 aliphatic carbocycles. The van der Waals surface area contributed by atoms with E-state index in [-0.39, 0.29) is 13.2 Å². The van der Waals surface area contributed by atoms with Gasteiger partial charge >= 0.3 is 0 Å². The lowest BCUT2D eigenvalue weighted by Gasteiger charge is -2.55. The number of nitrogens with one attached hydrogen (secondary N) is 1. The molecule has 0 bridgehead atoms. The van der Waals surface area contributed by atoms with Crippen molar-refractivity contribution in [3.05, 3.63) is 0 Å². The number of sulfone groups is 1. The lowest BCUT2D eigenvalue weighted by Crippen LogP contribution is -2.81. The predicted molar refractivity (Wildman–Crippen MR) is 53.3 cm³/mol. The maximum Gasteiger partial charge on any atom is 0.166 e. The number of hydrogen-bond acceptors (Lipinski definition) is 7. The van der Waals surface area contributed by atoms with Crippen molar-refractivity contribution in [3.8, 4) is 0 Å². The van der Waals surface area contributed by atoms with Gasteiger partial charge in [0.15, 0.2) is 9.84 Å². The summed E-state index contributed by atoms with van der Waals surface area (Å²) in [7, 11) is -3.44. The Balaban J connectivity index is 2.27. The van der Waals surface area contributed by atoms with E-state index < -0.39 is 39.1 Å². The molecule has 1 spiro atoms. The molecule has 5 atom stereocenters. The zero-order valence-electron chi connectivity index (χ0n) is 8.70. The van der Waals surface area contributed by atoms with Crippen molar-refractivity contribution in [3.63, 3.8) is 0 Å². The second kappa shape index (κ2) is 3.62. The monoisotopic (exact) mass is 253 g/mol. The Morgan fingerprint density at radius 3 is 2.44 bits per heavy atom. The van der Waals surface area contributed by atoms with E-state index in [4.69, 9.17) is 4.74 Å². The number of aliphatic hydroxyl groups is 3. The molecule has 2 saturated heterocycles. The Hall–Kier alpha value is -0.250. The van der Waals surface area contributed by atoms with Gasteiger partial charge in [-0.3, -0.25) is 5.32 Å². The third-order valence-electron chi connectivity index (χ3n) is 3.18. The van der Waals surface area contributed by atoms with Crippen LogP contribution in [0.15, 0.2) is 0 Å². The normalized spacial score (nSPS) is 49.0. The first-order valence-corrected chi connectivity index (χ1v) is 6.85. The molecule has 94 valence electrons. The first-order chi connectivity index (χ1) is 7.29. The molecule has 0 aromatic heterocycles. The van der Waals surface area contributed by atoms with Crippen LogP contribution < -0.4 is 5.32 Å². The average molecular weight is 253 g/mol. The van der Waals surface area contributed by atoms with Crippen LogP contribution in [-0.4, -0.2) is 72.4 Å². The molecule has 0 aromatic rings. The molecule has 0 aromatic carbocycles. The SMILES string of the molecule is CS(=O)(=O)C1NCC12OC[C@@H](O)[C@@H](O)[C@@H]2O. The van der Waals surface area contributed by atoms with E-state index in [1.807, 2.05) is 0 Å². The minimum atomic E-state index is -3.44. The van der Waals surface area contributed by atoms with Gasteiger partial charge in [-0.1, -0.05) is 0 Å². The summed E-state index contributed by atoms with van der Waals surface area (Å²) in [6.45, 7) is -0.0540. The lowest BCUT2D eigenvalue weighted by molar-refractivity contribution is -0.256. The van der Waals surface area contributed by atoms with Gasteiger partial charge in [0, 0.05) is 12.8 Å². The largest absolute Gasteiger partial charge is 0.388 e. The molecular weight excluding hydrogens is 238 g/mol.